The number of nitrogens with one attached hydrogen (secondary N) is 1. The molecule has 0 amide bonds. The minimum absolute atomic E-state index is 0.151. The largest absolute Gasteiger partial charge is 0.416 e. The molecule has 1 unspecified atom stereocenters. The van der Waals surface area contributed by atoms with Crippen molar-refractivity contribution in [3.05, 3.63) is 35.1 Å². The van der Waals surface area contributed by atoms with E-state index in [1.165, 1.54) is 0 Å². The van der Waals surface area contributed by atoms with Crippen LogP contribution in [0.3, 0.4) is 0 Å². The van der Waals surface area contributed by atoms with E-state index >= 15 is 0 Å². The van der Waals surface area contributed by atoms with Gasteiger partial charge in [-0.2, -0.15) is 13.2 Å². The summed E-state index contributed by atoms with van der Waals surface area (Å²) in [5.74, 6) is -0.351. The molecule has 0 aliphatic heterocycles. The molecule has 0 spiro atoms. The minimum atomic E-state index is -4.44. The second-order valence-electron chi connectivity index (χ2n) is 5.67. The maximum atomic E-state index is 14.1. The van der Waals surface area contributed by atoms with Crippen LogP contribution in [-0.4, -0.2) is 6.54 Å². The zero-order valence-electron chi connectivity index (χ0n) is 12.1. The summed E-state index contributed by atoms with van der Waals surface area (Å²) in [6.07, 6.45) is 0.715. The minimum Gasteiger partial charge on any atom is -0.310 e. The van der Waals surface area contributed by atoms with Gasteiger partial charge in [-0.15, -0.1) is 0 Å². The monoisotopic (exact) mass is 303 g/mol. The summed E-state index contributed by atoms with van der Waals surface area (Å²) in [5.41, 5.74) is -0.629. The molecule has 1 aliphatic carbocycles. The highest BCUT2D eigenvalue weighted by Crippen LogP contribution is 2.38. The molecule has 0 radical (unpaired) electrons. The maximum Gasteiger partial charge on any atom is 0.416 e. The summed E-state index contributed by atoms with van der Waals surface area (Å²) in [5, 5.41) is 3.18. The quantitative estimate of drug-likeness (QED) is 0.765. The Balaban J connectivity index is 2.34. The Labute approximate surface area is 122 Å². The molecule has 0 saturated heterocycles. The molecule has 1 fully saturated rings. The lowest BCUT2D eigenvalue weighted by molar-refractivity contribution is -0.137. The molecule has 0 bridgehead atoms. The van der Waals surface area contributed by atoms with E-state index in [-0.39, 0.29) is 17.5 Å². The van der Waals surface area contributed by atoms with Crippen molar-refractivity contribution < 1.29 is 17.6 Å². The van der Waals surface area contributed by atoms with Gasteiger partial charge in [-0.05, 0) is 43.5 Å². The molecule has 5 heteroatoms. The maximum absolute atomic E-state index is 14.1. The van der Waals surface area contributed by atoms with Gasteiger partial charge in [-0.25, -0.2) is 4.39 Å². The van der Waals surface area contributed by atoms with Crippen LogP contribution in [0.1, 0.15) is 56.2 Å². The van der Waals surface area contributed by atoms with E-state index in [0.29, 0.717) is 6.54 Å². The van der Waals surface area contributed by atoms with Crippen LogP contribution in [0.2, 0.25) is 0 Å². The second kappa shape index (κ2) is 6.77. The first-order valence-electron chi connectivity index (χ1n) is 7.53. The molecule has 1 aromatic rings. The second-order valence-corrected chi connectivity index (χ2v) is 5.67. The van der Waals surface area contributed by atoms with Gasteiger partial charge in [0.15, 0.2) is 0 Å². The Bertz CT molecular complexity index is 464. The fraction of sp³-hybridized carbons (Fsp3) is 0.625. The highest BCUT2D eigenvalue weighted by molar-refractivity contribution is 5.30. The van der Waals surface area contributed by atoms with Crippen LogP contribution >= 0.6 is 0 Å². The van der Waals surface area contributed by atoms with E-state index in [4.69, 9.17) is 0 Å². The molecule has 1 atom stereocenters. The molecule has 2 rings (SSSR count). The number of benzene rings is 1. The number of halogens is 4. The zero-order chi connectivity index (χ0) is 15.5. The topological polar surface area (TPSA) is 12.0 Å². The molecule has 1 saturated carbocycles. The molecule has 1 aliphatic rings. The Morgan fingerprint density at radius 1 is 1.19 bits per heavy atom. The summed E-state index contributed by atoms with van der Waals surface area (Å²) in [6.45, 7) is 2.50. The van der Waals surface area contributed by atoms with Crippen LogP contribution in [0.5, 0.6) is 0 Å². The molecule has 1 nitrogen and oxygen atoms in total. The Morgan fingerprint density at radius 2 is 1.86 bits per heavy atom. The van der Waals surface area contributed by atoms with Gasteiger partial charge in [0.1, 0.15) is 5.82 Å². The molecule has 0 aromatic heterocycles. The molecule has 118 valence electrons. The van der Waals surface area contributed by atoms with Gasteiger partial charge in [0, 0.05) is 11.6 Å². The van der Waals surface area contributed by atoms with Gasteiger partial charge in [-0.3, -0.25) is 0 Å². The number of rotatable bonds is 4. The first-order chi connectivity index (χ1) is 9.93. The molecule has 21 heavy (non-hydrogen) atoms. The van der Waals surface area contributed by atoms with Crippen molar-refractivity contribution in [1.82, 2.24) is 5.32 Å². The van der Waals surface area contributed by atoms with Gasteiger partial charge < -0.3 is 5.32 Å². The molecule has 0 heterocycles. The van der Waals surface area contributed by atoms with E-state index in [1.54, 1.807) is 0 Å². The fourth-order valence-electron chi connectivity index (χ4n) is 3.18. The van der Waals surface area contributed by atoms with Gasteiger partial charge >= 0.3 is 6.18 Å². The third-order valence-corrected chi connectivity index (χ3v) is 4.20. The third kappa shape index (κ3) is 3.96. The van der Waals surface area contributed by atoms with Crippen LogP contribution in [0.25, 0.3) is 0 Å². The Kier molecular flexibility index (Phi) is 5.25. The lowest BCUT2D eigenvalue weighted by Gasteiger charge is -2.31. The van der Waals surface area contributed by atoms with Gasteiger partial charge in [0.2, 0.25) is 0 Å². The SMILES string of the molecule is CCNC(c1cc(C(F)(F)F)ccc1F)C1CCCCC1. The summed E-state index contributed by atoms with van der Waals surface area (Å²) in [6, 6.07) is 2.38. The van der Waals surface area contributed by atoms with Crippen LogP contribution in [0.4, 0.5) is 17.6 Å². The third-order valence-electron chi connectivity index (χ3n) is 4.20. The van der Waals surface area contributed by atoms with E-state index in [1.807, 2.05) is 6.92 Å². The van der Waals surface area contributed by atoms with Crippen molar-refractivity contribution in [3.8, 4) is 0 Å². The summed E-state index contributed by atoms with van der Waals surface area (Å²) < 4.78 is 52.6. The van der Waals surface area contributed by atoms with Crippen LogP contribution in [0.15, 0.2) is 18.2 Å². The summed E-state index contributed by atoms with van der Waals surface area (Å²) in [4.78, 5) is 0. The first-order valence-corrected chi connectivity index (χ1v) is 7.53. The van der Waals surface area contributed by atoms with E-state index in [9.17, 15) is 17.6 Å². The number of hydrogen-bond donors (Lipinski definition) is 1. The van der Waals surface area contributed by atoms with Crippen molar-refractivity contribution in [1.29, 1.82) is 0 Å². The van der Waals surface area contributed by atoms with Crippen molar-refractivity contribution in [2.75, 3.05) is 6.54 Å². The average Bonchev–Trinajstić information content (AvgIpc) is 2.45. The average molecular weight is 303 g/mol. The van der Waals surface area contributed by atoms with Crippen molar-refractivity contribution in [2.45, 2.75) is 51.2 Å². The van der Waals surface area contributed by atoms with Gasteiger partial charge in [0.25, 0.3) is 0 Å². The smallest absolute Gasteiger partial charge is 0.310 e. The van der Waals surface area contributed by atoms with Crippen LogP contribution in [0, 0.1) is 11.7 Å². The Hall–Kier alpha value is -1.10. The normalized spacial score (nSPS) is 18.7. The van der Waals surface area contributed by atoms with E-state index in [2.05, 4.69) is 5.32 Å². The van der Waals surface area contributed by atoms with Crippen LogP contribution < -0.4 is 5.32 Å². The zero-order valence-corrected chi connectivity index (χ0v) is 12.1. The van der Waals surface area contributed by atoms with E-state index in [0.717, 1.165) is 50.3 Å². The molecular weight excluding hydrogens is 282 g/mol. The number of alkyl halides is 3. The highest BCUT2D eigenvalue weighted by atomic mass is 19.4. The van der Waals surface area contributed by atoms with Crippen molar-refractivity contribution in [3.63, 3.8) is 0 Å². The first kappa shape index (κ1) is 16.3. The highest BCUT2D eigenvalue weighted by Gasteiger charge is 2.33. The number of hydrogen-bond acceptors (Lipinski definition) is 1. The predicted octanol–water partition coefficient (Wildman–Crippen LogP) is 5.08. The molecule has 1 aromatic carbocycles. The predicted molar refractivity (Wildman–Crippen MR) is 74.4 cm³/mol. The molecule has 1 N–H and O–H groups in total. The molecular formula is C16H21F4N. The van der Waals surface area contributed by atoms with Crippen molar-refractivity contribution >= 4 is 0 Å². The summed E-state index contributed by atoms with van der Waals surface area (Å²) in [7, 11) is 0. The summed E-state index contributed by atoms with van der Waals surface area (Å²) >= 11 is 0. The standard InChI is InChI=1S/C16H21F4N/c1-2-21-15(11-6-4-3-5-7-11)13-10-12(16(18,19)20)8-9-14(13)17/h8-11,15,21H,2-7H2,1H3. The Morgan fingerprint density at radius 3 is 2.43 bits per heavy atom. The van der Waals surface area contributed by atoms with Crippen molar-refractivity contribution in [2.24, 2.45) is 5.92 Å². The lowest BCUT2D eigenvalue weighted by atomic mass is 9.80. The van der Waals surface area contributed by atoms with Gasteiger partial charge in [-0.1, -0.05) is 26.2 Å². The fourth-order valence-corrected chi connectivity index (χ4v) is 3.18. The van der Waals surface area contributed by atoms with Crippen LogP contribution in [-0.2, 0) is 6.18 Å². The lowest BCUT2D eigenvalue weighted by Crippen LogP contribution is -2.30. The van der Waals surface area contributed by atoms with Gasteiger partial charge in [0.05, 0.1) is 5.56 Å². The van der Waals surface area contributed by atoms with E-state index < -0.39 is 17.6 Å².